The molecule has 0 aliphatic heterocycles. The van der Waals surface area contributed by atoms with Crippen molar-refractivity contribution in [3.8, 4) is 17.0 Å². The lowest BCUT2D eigenvalue weighted by molar-refractivity contribution is -0.122. The maximum absolute atomic E-state index is 12.6. The van der Waals surface area contributed by atoms with Crippen molar-refractivity contribution in [3.63, 3.8) is 0 Å². The molecule has 0 saturated carbocycles. The molecule has 1 heterocycles. The van der Waals surface area contributed by atoms with Crippen molar-refractivity contribution in [2.24, 2.45) is 0 Å². The van der Waals surface area contributed by atoms with Crippen molar-refractivity contribution in [3.05, 3.63) is 91.0 Å². The number of para-hydroxylation sites is 2. The third-order valence-corrected chi connectivity index (χ3v) is 4.46. The Morgan fingerprint density at radius 3 is 2.29 bits per heavy atom. The summed E-state index contributed by atoms with van der Waals surface area (Å²) in [4.78, 5) is 17.3. The Hall–Kier alpha value is -3.66. The van der Waals surface area contributed by atoms with Crippen LogP contribution in [0.5, 0.6) is 5.75 Å². The summed E-state index contributed by atoms with van der Waals surface area (Å²) < 4.78 is 6.07. The maximum atomic E-state index is 12.6. The fraction of sp³-hybridized carbons (Fsp3) is 0.0833. The van der Waals surface area contributed by atoms with Gasteiger partial charge in [0, 0.05) is 22.7 Å². The van der Waals surface area contributed by atoms with Gasteiger partial charge in [0.1, 0.15) is 5.75 Å². The minimum Gasteiger partial charge on any atom is -0.480 e. The van der Waals surface area contributed by atoms with E-state index in [0.29, 0.717) is 5.75 Å². The second-order valence-corrected chi connectivity index (χ2v) is 6.50. The molecule has 0 radical (unpaired) electrons. The molecule has 4 nitrogen and oxygen atoms in total. The Morgan fingerprint density at radius 1 is 0.893 bits per heavy atom. The number of carbonyl (C=O) groups is 1. The fourth-order valence-corrected chi connectivity index (χ4v) is 3.01. The topological polar surface area (TPSA) is 51.2 Å². The highest BCUT2D eigenvalue weighted by Crippen LogP contribution is 2.30. The van der Waals surface area contributed by atoms with Gasteiger partial charge in [0.15, 0.2) is 6.10 Å². The van der Waals surface area contributed by atoms with Crippen LogP contribution in [0, 0.1) is 0 Å². The van der Waals surface area contributed by atoms with Crippen LogP contribution >= 0.6 is 0 Å². The monoisotopic (exact) mass is 368 g/mol. The summed E-state index contributed by atoms with van der Waals surface area (Å²) in [6, 6.07) is 29.0. The minimum atomic E-state index is -0.658. The molecular weight excluding hydrogens is 348 g/mol. The predicted octanol–water partition coefficient (Wildman–Crippen LogP) is 5.31. The van der Waals surface area contributed by atoms with E-state index >= 15 is 0 Å². The number of aromatic nitrogens is 1. The number of carbonyl (C=O) groups excluding carboxylic acids is 1. The van der Waals surface area contributed by atoms with Gasteiger partial charge in [0.2, 0.25) is 0 Å². The highest BCUT2D eigenvalue weighted by atomic mass is 16.5. The highest BCUT2D eigenvalue weighted by Gasteiger charge is 2.17. The molecule has 28 heavy (non-hydrogen) atoms. The summed E-state index contributed by atoms with van der Waals surface area (Å²) in [6.45, 7) is 1.75. The third kappa shape index (κ3) is 3.86. The minimum absolute atomic E-state index is 0.201. The van der Waals surface area contributed by atoms with Gasteiger partial charge < -0.3 is 10.1 Å². The zero-order valence-corrected chi connectivity index (χ0v) is 15.5. The first-order chi connectivity index (χ1) is 13.7. The lowest BCUT2D eigenvalue weighted by atomic mass is 10.1. The molecule has 4 heteroatoms. The van der Waals surface area contributed by atoms with Crippen LogP contribution in [0.1, 0.15) is 6.92 Å². The van der Waals surface area contributed by atoms with E-state index < -0.39 is 6.10 Å². The molecule has 1 amide bonds. The van der Waals surface area contributed by atoms with Gasteiger partial charge in [-0.05, 0) is 31.2 Å². The molecule has 0 fully saturated rings. The second kappa shape index (κ2) is 7.92. The summed E-state index contributed by atoms with van der Waals surface area (Å²) in [6.07, 6.45) is -0.658. The molecule has 4 aromatic rings. The van der Waals surface area contributed by atoms with Crippen molar-refractivity contribution >= 4 is 22.5 Å². The van der Waals surface area contributed by atoms with E-state index in [0.717, 1.165) is 27.8 Å². The molecular formula is C24H20N2O2. The Bertz CT molecular complexity index is 1100. The van der Waals surface area contributed by atoms with Crippen LogP contribution in [0.2, 0.25) is 0 Å². The molecule has 4 rings (SSSR count). The standard InChI is InChI=1S/C24H20N2O2/c1-17(24(27)25-19-12-6-3-7-13-19)28-23-16-22(18-10-4-2-5-11-18)26-21-15-9-8-14-20(21)23/h2-17H,1H3,(H,25,27). The first-order valence-corrected chi connectivity index (χ1v) is 9.18. The Balaban J connectivity index is 1.64. The average molecular weight is 368 g/mol. The molecule has 1 aromatic heterocycles. The van der Waals surface area contributed by atoms with Crippen LogP contribution < -0.4 is 10.1 Å². The molecule has 0 bridgehead atoms. The molecule has 0 aliphatic rings. The van der Waals surface area contributed by atoms with Crippen molar-refractivity contribution < 1.29 is 9.53 Å². The number of rotatable bonds is 5. The van der Waals surface area contributed by atoms with E-state index in [1.54, 1.807) is 6.92 Å². The number of nitrogens with zero attached hydrogens (tertiary/aromatic N) is 1. The van der Waals surface area contributed by atoms with Gasteiger partial charge in [-0.3, -0.25) is 4.79 Å². The van der Waals surface area contributed by atoms with Gasteiger partial charge in [0.25, 0.3) is 5.91 Å². The molecule has 1 atom stereocenters. The number of hydrogen-bond donors (Lipinski definition) is 1. The van der Waals surface area contributed by atoms with Gasteiger partial charge in [-0.25, -0.2) is 4.98 Å². The number of ether oxygens (including phenoxy) is 1. The number of benzene rings is 3. The second-order valence-electron chi connectivity index (χ2n) is 6.50. The van der Waals surface area contributed by atoms with Crippen molar-refractivity contribution in [1.82, 2.24) is 4.98 Å². The number of fused-ring (bicyclic) bond motifs is 1. The number of pyridine rings is 1. The van der Waals surface area contributed by atoms with Gasteiger partial charge >= 0.3 is 0 Å². The molecule has 1 unspecified atom stereocenters. The lowest BCUT2D eigenvalue weighted by Gasteiger charge is -2.17. The molecule has 0 saturated heterocycles. The van der Waals surface area contributed by atoms with Crippen LogP contribution in [-0.2, 0) is 4.79 Å². The Labute approximate surface area is 163 Å². The van der Waals surface area contributed by atoms with Gasteiger partial charge in [-0.2, -0.15) is 0 Å². The molecule has 0 aliphatic carbocycles. The van der Waals surface area contributed by atoms with Gasteiger partial charge in [-0.15, -0.1) is 0 Å². The number of hydrogen-bond acceptors (Lipinski definition) is 3. The SMILES string of the molecule is CC(Oc1cc(-c2ccccc2)nc2ccccc12)C(=O)Nc1ccccc1. The zero-order valence-electron chi connectivity index (χ0n) is 15.5. The normalized spacial score (nSPS) is 11.8. The van der Waals surface area contributed by atoms with Gasteiger partial charge in [0.05, 0.1) is 11.2 Å². The van der Waals surface area contributed by atoms with Crippen molar-refractivity contribution in [1.29, 1.82) is 0 Å². The molecule has 0 spiro atoms. The van der Waals surface area contributed by atoms with Crippen LogP contribution in [0.15, 0.2) is 91.0 Å². The highest BCUT2D eigenvalue weighted by molar-refractivity contribution is 5.95. The van der Waals surface area contributed by atoms with Crippen LogP contribution in [0.25, 0.3) is 22.2 Å². The summed E-state index contributed by atoms with van der Waals surface area (Å²) in [7, 11) is 0. The largest absolute Gasteiger partial charge is 0.480 e. The van der Waals surface area contributed by atoms with Crippen molar-refractivity contribution in [2.75, 3.05) is 5.32 Å². The smallest absolute Gasteiger partial charge is 0.265 e. The van der Waals surface area contributed by atoms with E-state index in [9.17, 15) is 4.79 Å². The first kappa shape index (κ1) is 17.7. The van der Waals surface area contributed by atoms with Crippen molar-refractivity contribution in [2.45, 2.75) is 13.0 Å². The van der Waals surface area contributed by atoms with Crippen LogP contribution in [-0.4, -0.2) is 17.0 Å². The van der Waals surface area contributed by atoms with Crippen LogP contribution in [0.4, 0.5) is 5.69 Å². The quantitative estimate of drug-likeness (QED) is 0.519. The number of amides is 1. The van der Waals surface area contributed by atoms with E-state index in [1.165, 1.54) is 0 Å². The Kier molecular flexibility index (Phi) is 5.02. The molecule has 138 valence electrons. The number of nitrogens with one attached hydrogen (secondary N) is 1. The summed E-state index contributed by atoms with van der Waals surface area (Å²) in [5.74, 6) is 0.438. The third-order valence-electron chi connectivity index (χ3n) is 4.46. The summed E-state index contributed by atoms with van der Waals surface area (Å²) >= 11 is 0. The van der Waals surface area contributed by atoms with Gasteiger partial charge in [-0.1, -0.05) is 60.7 Å². The Morgan fingerprint density at radius 2 is 1.54 bits per heavy atom. The molecule has 1 N–H and O–H groups in total. The summed E-state index contributed by atoms with van der Waals surface area (Å²) in [5.41, 5.74) is 3.38. The van der Waals surface area contributed by atoms with Crippen LogP contribution in [0.3, 0.4) is 0 Å². The summed E-state index contributed by atoms with van der Waals surface area (Å²) in [5, 5.41) is 3.75. The predicted molar refractivity (Wildman–Crippen MR) is 112 cm³/mol. The fourth-order valence-electron chi connectivity index (χ4n) is 3.01. The molecule has 3 aromatic carbocycles. The van der Waals surface area contributed by atoms with E-state index in [2.05, 4.69) is 5.32 Å². The van der Waals surface area contributed by atoms with E-state index in [-0.39, 0.29) is 5.91 Å². The lowest BCUT2D eigenvalue weighted by Crippen LogP contribution is -2.30. The maximum Gasteiger partial charge on any atom is 0.265 e. The van der Waals surface area contributed by atoms with E-state index in [4.69, 9.17) is 9.72 Å². The number of anilines is 1. The van der Waals surface area contributed by atoms with E-state index in [1.807, 2.05) is 91.0 Å². The first-order valence-electron chi connectivity index (χ1n) is 9.18. The average Bonchev–Trinajstić information content (AvgIpc) is 2.75. The zero-order chi connectivity index (χ0) is 19.3.